The van der Waals surface area contributed by atoms with Crippen LogP contribution in [0.4, 0.5) is 24.7 Å². The van der Waals surface area contributed by atoms with E-state index in [-0.39, 0.29) is 24.6 Å². The van der Waals surface area contributed by atoms with Gasteiger partial charge in [-0.2, -0.15) is 13.2 Å². The van der Waals surface area contributed by atoms with Crippen molar-refractivity contribution in [3.05, 3.63) is 20.8 Å². The molecular formula is C16H25F3N4O3S. The van der Waals surface area contributed by atoms with Crippen LogP contribution in [0.3, 0.4) is 0 Å². The number of rotatable bonds is 10. The molecule has 1 rings (SSSR count). The van der Waals surface area contributed by atoms with Gasteiger partial charge in [-0.25, -0.2) is 4.79 Å². The Hall–Kier alpha value is -1.91. The molecule has 0 aliphatic carbocycles. The zero-order valence-electron chi connectivity index (χ0n) is 15.4. The minimum absolute atomic E-state index is 0.0460. The van der Waals surface area contributed by atoms with Crippen molar-refractivity contribution in [2.24, 2.45) is 0 Å². The molecule has 3 N–H and O–H groups in total. The van der Waals surface area contributed by atoms with Crippen LogP contribution in [0, 0.1) is 0 Å². The summed E-state index contributed by atoms with van der Waals surface area (Å²) in [6.07, 6.45) is 3.42. The molecule has 0 aliphatic rings. The molecule has 0 aliphatic heterocycles. The van der Waals surface area contributed by atoms with E-state index in [4.69, 9.17) is 5.73 Å². The smallest absolute Gasteiger partial charge is 0.383 e. The summed E-state index contributed by atoms with van der Waals surface area (Å²) in [4.78, 5) is 39.8. The number of halogens is 3. The van der Waals surface area contributed by atoms with Crippen molar-refractivity contribution in [3.63, 3.8) is 0 Å². The fraction of sp³-hybridized carbons (Fsp3) is 0.688. The molecule has 1 aromatic heterocycles. The van der Waals surface area contributed by atoms with Crippen molar-refractivity contribution in [2.45, 2.75) is 58.0 Å². The van der Waals surface area contributed by atoms with Gasteiger partial charge in [0.1, 0.15) is 5.82 Å². The Kier molecular flexibility index (Phi) is 8.94. The quantitative estimate of drug-likeness (QED) is 0.578. The maximum absolute atomic E-state index is 12.5. The predicted molar refractivity (Wildman–Crippen MR) is 101 cm³/mol. The van der Waals surface area contributed by atoms with Gasteiger partial charge in [-0.15, -0.1) is 0 Å². The fourth-order valence-electron chi connectivity index (χ4n) is 2.48. The van der Waals surface area contributed by atoms with Crippen LogP contribution in [-0.4, -0.2) is 33.3 Å². The van der Waals surface area contributed by atoms with Gasteiger partial charge >= 0.3 is 11.2 Å². The Labute approximate surface area is 159 Å². The number of thioether (sulfide) groups is 1. The standard InChI is InChI=1S/C16H25F3N4O3S/c1-3-5-7-9-22(11(24)10-27-16(17,18)19)12-13(20)23(8-6-4-2)15(26)21-14(12)25/h3-10,20H2,1-2H3,(H,21,25,26). The number of nitrogens with two attached hydrogens (primary N) is 1. The summed E-state index contributed by atoms with van der Waals surface area (Å²) in [5.41, 5.74) is -0.455. The van der Waals surface area contributed by atoms with E-state index in [1.807, 2.05) is 13.8 Å². The zero-order valence-corrected chi connectivity index (χ0v) is 16.2. The SMILES string of the molecule is CCCCCN(C(=O)CSC(F)(F)F)c1c(N)n(CCCC)c(=O)[nH]c1=O. The van der Waals surface area contributed by atoms with E-state index in [2.05, 4.69) is 4.98 Å². The van der Waals surface area contributed by atoms with Gasteiger partial charge < -0.3 is 10.6 Å². The van der Waals surface area contributed by atoms with Crippen LogP contribution in [0.15, 0.2) is 9.59 Å². The lowest BCUT2D eigenvalue weighted by Gasteiger charge is -2.24. The van der Waals surface area contributed by atoms with Gasteiger partial charge in [0.05, 0.1) is 5.75 Å². The number of hydrogen-bond donors (Lipinski definition) is 2. The first-order valence-electron chi connectivity index (χ1n) is 8.76. The van der Waals surface area contributed by atoms with E-state index in [1.165, 1.54) is 0 Å². The Morgan fingerprint density at radius 1 is 1.19 bits per heavy atom. The van der Waals surface area contributed by atoms with Crippen LogP contribution in [0.1, 0.15) is 46.0 Å². The second-order valence-electron chi connectivity index (χ2n) is 5.99. The zero-order chi connectivity index (χ0) is 20.6. The number of alkyl halides is 3. The monoisotopic (exact) mass is 410 g/mol. The molecule has 154 valence electrons. The molecule has 0 radical (unpaired) electrons. The number of aromatic amines is 1. The van der Waals surface area contributed by atoms with Gasteiger partial charge in [0.15, 0.2) is 5.69 Å². The molecule has 0 atom stereocenters. The van der Waals surface area contributed by atoms with Crippen molar-refractivity contribution in [2.75, 3.05) is 22.9 Å². The molecule has 0 spiro atoms. The van der Waals surface area contributed by atoms with E-state index in [0.717, 1.165) is 28.7 Å². The van der Waals surface area contributed by atoms with E-state index in [0.29, 0.717) is 12.8 Å². The van der Waals surface area contributed by atoms with Gasteiger partial charge in [-0.05, 0) is 24.6 Å². The lowest BCUT2D eigenvalue weighted by molar-refractivity contribution is -0.116. The topological polar surface area (TPSA) is 101 Å². The highest BCUT2D eigenvalue weighted by molar-refractivity contribution is 8.00. The van der Waals surface area contributed by atoms with Crippen molar-refractivity contribution in [1.29, 1.82) is 0 Å². The van der Waals surface area contributed by atoms with Crippen molar-refractivity contribution >= 4 is 29.2 Å². The first-order valence-corrected chi connectivity index (χ1v) is 9.74. The lowest BCUT2D eigenvalue weighted by Crippen LogP contribution is -2.42. The van der Waals surface area contributed by atoms with Gasteiger partial charge in [-0.1, -0.05) is 33.1 Å². The second-order valence-corrected chi connectivity index (χ2v) is 7.03. The number of aromatic nitrogens is 2. The molecule has 1 heterocycles. The number of nitrogens with one attached hydrogen (secondary N) is 1. The summed E-state index contributed by atoms with van der Waals surface area (Å²) in [7, 11) is 0. The normalized spacial score (nSPS) is 11.6. The third-order valence-corrected chi connectivity index (χ3v) is 4.58. The number of anilines is 2. The first kappa shape index (κ1) is 23.1. The van der Waals surface area contributed by atoms with Crippen LogP contribution in [0.5, 0.6) is 0 Å². The van der Waals surface area contributed by atoms with Crippen molar-refractivity contribution in [3.8, 4) is 0 Å². The van der Waals surface area contributed by atoms with Crippen molar-refractivity contribution < 1.29 is 18.0 Å². The molecule has 27 heavy (non-hydrogen) atoms. The summed E-state index contributed by atoms with van der Waals surface area (Å²) in [5.74, 6) is -1.96. The van der Waals surface area contributed by atoms with Crippen LogP contribution in [0.2, 0.25) is 0 Å². The molecule has 0 saturated heterocycles. The average molecular weight is 410 g/mol. The largest absolute Gasteiger partial charge is 0.442 e. The number of amides is 1. The molecule has 7 nitrogen and oxygen atoms in total. The Morgan fingerprint density at radius 3 is 2.37 bits per heavy atom. The van der Waals surface area contributed by atoms with Gasteiger partial charge in [0.2, 0.25) is 5.91 Å². The molecule has 0 fully saturated rings. The van der Waals surface area contributed by atoms with Crippen LogP contribution < -0.4 is 21.9 Å². The van der Waals surface area contributed by atoms with Gasteiger partial charge in [0.25, 0.3) is 5.56 Å². The average Bonchev–Trinajstić information content (AvgIpc) is 2.57. The molecule has 11 heteroatoms. The highest BCUT2D eigenvalue weighted by Crippen LogP contribution is 2.31. The molecular weight excluding hydrogens is 385 g/mol. The summed E-state index contributed by atoms with van der Waals surface area (Å²) >= 11 is -0.476. The number of unbranched alkanes of at least 4 members (excludes halogenated alkanes) is 3. The fourth-order valence-corrected chi connectivity index (χ4v) is 2.92. The molecule has 1 amide bonds. The Bertz CT molecular complexity index is 746. The van der Waals surface area contributed by atoms with E-state index in [9.17, 15) is 27.6 Å². The van der Waals surface area contributed by atoms with E-state index < -0.39 is 40.2 Å². The first-order chi connectivity index (χ1) is 12.6. The number of hydrogen-bond acceptors (Lipinski definition) is 5. The van der Waals surface area contributed by atoms with Crippen LogP contribution >= 0.6 is 11.8 Å². The summed E-state index contributed by atoms with van der Waals surface area (Å²) < 4.78 is 38.5. The summed E-state index contributed by atoms with van der Waals surface area (Å²) in [6.45, 7) is 4.12. The van der Waals surface area contributed by atoms with E-state index >= 15 is 0 Å². The number of nitrogen functional groups attached to an aromatic ring is 1. The Morgan fingerprint density at radius 2 is 1.81 bits per heavy atom. The molecule has 0 unspecified atom stereocenters. The van der Waals surface area contributed by atoms with Crippen LogP contribution in [-0.2, 0) is 11.3 Å². The van der Waals surface area contributed by atoms with Crippen LogP contribution in [0.25, 0.3) is 0 Å². The number of carbonyl (C=O) groups is 1. The second kappa shape index (κ2) is 10.4. The maximum Gasteiger partial charge on any atom is 0.442 e. The predicted octanol–water partition coefficient (Wildman–Crippen LogP) is 2.70. The van der Waals surface area contributed by atoms with Gasteiger partial charge in [0, 0.05) is 13.1 Å². The highest BCUT2D eigenvalue weighted by Gasteiger charge is 2.32. The minimum atomic E-state index is -4.57. The summed E-state index contributed by atoms with van der Waals surface area (Å²) in [5, 5.41) is 0. The maximum atomic E-state index is 12.5. The molecule has 0 aromatic carbocycles. The van der Waals surface area contributed by atoms with E-state index in [1.54, 1.807) is 0 Å². The third kappa shape index (κ3) is 6.96. The van der Waals surface area contributed by atoms with Gasteiger partial charge in [-0.3, -0.25) is 19.1 Å². The number of nitrogens with zero attached hydrogens (tertiary/aromatic N) is 2. The minimum Gasteiger partial charge on any atom is -0.383 e. The molecule has 1 aromatic rings. The number of H-pyrrole nitrogens is 1. The Balaban J connectivity index is 3.29. The summed E-state index contributed by atoms with van der Waals surface area (Å²) in [6, 6.07) is 0. The van der Waals surface area contributed by atoms with Crippen molar-refractivity contribution in [1.82, 2.24) is 9.55 Å². The molecule has 0 bridgehead atoms. The highest BCUT2D eigenvalue weighted by atomic mass is 32.2. The lowest BCUT2D eigenvalue weighted by atomic mass is 10.2. The third-order valence-electron chi connectivity index (χ3n) is 3.86. The number of carbonyl (C=O) groups excluding carboxylic acids is 1. The molecule has 0 saturated carbocycles.